The molecule has 1 heterocycles. The molecular weight excluding hydrogens is 268 g/mol. The second-order valence-corrected chi connectivity index (χ2v) is 7.71. The number of hydrogen-bond donors (Lipinski definition) is 1. The molecule has 1 unspecified atom stereocenters. The van der Waals surface area contributed by atoms with Gasteiger partial charge >= 0.3 is 0 Å². The highest BCUT2D eigenvalue weighted by atomic mass is 32.2. The van der Waals surface area contributed by atoms with Gasteiger partial charge in [-0.2, -0.15) is 17.0 Å². The lowest BCUT2D eigenvalue weighted by Gasteiger charge is -2.24. The Bertz CT molecular complexity index is 478. The third kappa shape index (κ3) is 4.24. The molecule has 1 aromatic carbocycles. The van der Waals surface area contributed by atoms with Gasteiger partial charge in [0.15, 0.2) is 0 Å². The van der Waals surface area contributed by atoms with Crippen LogP contribution in [0.25, 0.3) is 0 Å². The van der Waals surface area contributed by atoms with Gasteiger partial charge in [0.25, 0.3) is 0 Å². The summed E-state index contributed by atoms with van der Waals surface area (Å²) in [6, 6.07) is 9.32. The zero-order valence-corrected chi connectivity index (χ0v) is 13.0. The molecule has 20 heavy (non-hydrogen) atoms. The number of hydrogen-bond acceptors (Lipinski definition) is 4. The van der Waals surface area contributed by atoms with Crippen LogP contribution in [-0.4, -0.2) is 40.1 Å². The van der Waals surface area contributed by atoms with Gasteiger partial charge in [0, 0.05) is 23.6 Å². The van der Waals surface area contributed by atoms with Gasteiger partial charge in [-0.1, -0.05) is 26.0 Å². The van der Waals surface area contributed by atoms with Crippen molar-refractivity contribution in [1.29, 1.82) is 5.26 Å². The molecule has 1 aliphatic heterocycles. The minimum absolute atomic E-state index is 0.341. The minimum Gasteiger partial charge on any atom is -0.387 e. The fraction of sp³-hybridized carbons (Fsp3) is 0.562. The van der Waals surface area contributed by atoms with Gasteiger partial charge in [0.05, 0.1) is 17.7 Å². The molecule has 0 radical (unpaired) electrons. The molecular formula is C16H22N2OS. The number of thioether (sulfide) groups is 1. The van der Waals surface area contributed by atoms with Gasteiger partial charge in [-0.3, -0.25) is 4.90 Å². The van der Waals surface area contributed by atoms with E-state index in [9.17, 15) is 5.11 Å². The molecule has 3 nitrogen and oxygen atoms in total. The smallest absolute Gasteiger partial charge is 0.0991 e. The van der Waals surface area contributed by atoms with E-state index in [0.29, 0.717) is 16.9 Å². The standard InChI is InChI=1S/C16H22N2OS/c1-16(2)7-8-18(9-10-20-16)12-15(19)14-5-3-13(11-17)4-6-14/h3-6,15,19H,7-10,12H2,1-2H3. The summed E-state index contributed by atoms with van der Waals surface area (Å²) in [5, 5.41) is 19.1. The van der Waals surface area contributed by atoms with Crippen LogP contribution in [0.3, 0.4) is 0 Å². The molecule has 2 rings (SSSR count). The van der Waals surface area contributed by atoms with Crippen LogP contribution in [0.15, 0.2) is 24.3 Å². The van der Waals surface area contributed by atoms with E-state index >= 15 is 0 Å². The molecule has 0 saturated carbocycles. The van der Waals surface area contributed by atoms with Crippen molar-refractivity contribution in [2.75, 3.05) is 25.4 Å². The number of benzene rings is 1. The van der Waals surface area contributed by atoms with E-state index in [1.807, 2.05) is 23.9 Å². The quantitative estimate of drug-likeness (QED) is 0.930. The maximum Gasteiger partial charge on any atom is 0.0991 e. The Hall–Kier alpha value is -1.02. The number of aliphatic hydroxyl groups excluding tert-OH is 1. The maximum absolute atomic E-state index is 10.3. The Morgan fingerprint density at radius 3 is 2.70 bits per heavy atom. The van der Waals surface area contributed by atoms with Crippen molar-refractivity contribution >= 4 is 11.8 Å². The van der Waals surface area contributed by atoms with E-state index in [-0.39, 0.29) is 0 Å². The number of nitriles is 1. The summed E-state index contributed by atoms with van der Waals surface area (Å²) in [6.45, 7) is 7.31. The number of nitrogens with zero attached hydrogens (tertiary/aromatic N) is 2. The fourth-order valence-corrected chi connectivity index (χ4v) is 3.51. The Morgan fingerprint density at radius 1 is 1.35 bits per heavy atom. The molecule has 1 aromatic rings. The SMILES string of the molecule is CC1(C)CCN(CC(O)c2ccc(C#N)cc2)CCS1. The topological polar surface area (TPSA) is 47.3 Å². The van der Waals surface area contributed by atoms with Crippen LogP contribution < -0.4 is 0 Å². The van der Waals surface area contributed by atoms with Crippen LogP contribution >= 0.6 is 11.8 Å². The minimum atomic E-state index is -0.478. The highest BCUT2D eigenvalue weighted by Crippen LogP contribution is 2.31. The molecule has 1 N–H and O–H groups in total. The zero-order valence-electron chi connectivity index (χ0n) is 12.2. The lowest BCUT2D eigenvalue weighted by atomic mass is 10.1. The third-order valence-corrected chi connectivity index (χ3v) is 5.16. The molecule has 1 saturated heterocycles. The van der Waals surface area contributed by atoms with E-state index in [4.69, 9.17) is 5.26 Å². The summed E-state index contributed by atoms with van der Waals surface area (Å²) in [5.74, 6) is 1.12. The van der Waals surface area contributed by atoms with E-state index < -0.39 is 6.10 Å². The van der Waals surface area contributed by atoms with Crippen molar-refractivity contribution in [2.45, 2.75) is 31.1 Å². The molecule has 108 valence electrons. The van der Waals surface area contributed by atoms with Gasteiger partial charge in [0.1, 0.15) is 0 Å². The molecule has 1 atom stereocenters. The first kappa shape index (κ1) is 15.4. The predicted octanol–water partition coefficient (Wildman–Crippen LogP) is 2.81. The van der Waals surface area contributed by atoms with Gasteiger partial charge in [-0.05, 0) is 30.7 Å². The Morgan fingerprint density at radius 2 is 2.05 bits per heavy atom. The first-order valence-electron chi connectivity index (χ1n) is 7.05. The normalized spacial score (nSPS) is 20.9. The molecule has 0 aliphatic carbocycles. The lowest BCUT2D eigenvalue weighted by Crippen LogP contribution is -2.31. The van der Waals surface area contributed by atoms with Crippen molar-refractivity contribution in [3.05, 3.63) is 35.4 Å². The predicted molar refractivity (Wildman–Crippen MR) is 83.7 cm³/mol. The molecule has 4 heteroatoms. The van der Waals surface area contributed by atoms with Gasteiger partial charge < -0.3 is 5.11 Å². The Labute approximate surface area is 125 Å². The largest absolute Gasteiger partial charge is 0.387 e. The molecule has 1 aliphatic rings. The summed E-state index contributed by atoms with van der Waals surface area (Å²) < 4.78 is 0.341. The van der Waals surface area contributed by atoms with Crippen molar-refractivity contribution in [2.24, 2.45) is 0 Å². The highest BCUT2D eigenvalue weighted by Gasteiger charge is 2.24. The van der Waals surface area contributed by atoms with Crippen molar-refractivity contribution in [3.8, 4) is 6.07 Å². The van der Waals surface area contributed by atoms with Gasteiger partial charge in [-0.25, -0.2) is 0 Å². The second-order valence-electron chi connectivity index (χ2n) is 5.91. The van der Waals surface area contributed by atoms with E-state index in [2.05, 4.69) is 24.8 Å². The van der Waals surface area contributed by atoms with Crippen LogP contribution in [0.4, 0.5) is 0 Å². The van der Waals surface area contributed by atoms with Crippen LogP contribution in [-0.2, 0) is 0 Å². The molecule has 0 aromatic heterocycles. The van der Waals surface area contributed by atoms with Crippen molar-refractivity contribution < 1.29 is 5.11 Å². The molecule has 0 spiro atoms. The second kappa shape index (κ2) is 6.62. The number of aliphatic hydroxyl groups is 1. The van der Waals surface area contributed by atoms with Crippen molar-refractivity contribution in [1.82, 2.24) is 4.90 Å². The molecule has 0 bridgehead atoms. The summed E-state index contributed by atoms with van der Waals surface area (Å²) >= 11 is 2.01. The van der Waals surface area contributed by atoms with Crippen LogP contribution in [0, 0.1) is 11.3 Å². The fourth-order valence-electron chi connectivity index (χ4n) is 2.37. The van der Waals surface area contributed by atoms with Crippen LogP contribution in [0.5, 0.6) is 0 Å². The Balaban J connectivity index is 1.93. The zero-order chi connectivity index (χ0) is 14.6. The summed E-state index contributed by atoms with van der Waals surface area (Å²) in [5.41, 5.74) is 1.52. The summed E-state index contributed by atoms with van der Waals surface area (Å²) in [4.78, 5) is 2.34. The number of rotatable bonds is 3. The van der Waals surface area contributed by atoms with E-state index in [0.717, 1.165) is 30.8 Å². The monoisotopic (exact) mass is 290 g/mol. The van der Waals surface area contributed by atoms with E-state index in [1.54, 1.807) is 12.1 Å². The van der Waals surface area contributed by atoms with E-state index in [1.165, 1.54) is 0 Å². The molecule has 1 fully saturated rings. The number of β-amino-alcohol motifs (C(OH)–C–C–N with tert-alkyl or cyclic N) is 1. The van der Waals surface area contributed by atoms with Crippen LogP contribution in [0.2, 0.25) is 0 Å². The average molecular weight is 290 g/mol. The van der Waals surface area contributed by atoms with Gasteiger partial charge in [-0.15, -0.1) is 0 Å². The molecule has 0 amide bonds. The third-order valence-electron chi connectivity index (χ3n) is 3.79. The maximum atomic E-state index is 10.3. The first-order chi connectivity index (χ1) is 9.50. The van der Waals surface area contributed by atoms with Gasteiger partial charge in [0.2, 0.25) is 0 Å². The Kier molecular flexibility index (Phi) is 5.09. The summed E-state index contributed by atoms with van der Waals surface area (Å²) in [6.07, 6.45) is 0.673. The highest BCUT2D eigenvalue weighted by molar-refractivity contribution is 8.00. The van der Waals surface area contributed by atoms with Crippen molar-refractivity contribution in [3.63, 3.8) is 0 Å². The average Bonchev–Trinajstić information content (AvgIpc) is 2.60. The van der Waals surface area contributed by atoms with Crippen LogP contribution in [0.1, 0.15) is 37.5 Å². The summed E-state index contributed by atoms with van der Waals surface area (Å²) in [7, 11) is 0. The lowest BCUT2D eigenvalue weighted by molar-refractivity contribution is 0.116. The first-order valence-corrected chi connectivity index (χ1v) is 8.03.